The van der Waals surface area contributed by atoms with Crippen LogP contribution in [0.5, 0.6) is 0 Å². The van der Waals surface area contributed by atoms with E-state index in [9.17, 15) is 0 Å². The van der Waals surface area contributed by atoms with E-state index >= 15 is 0 Å². The van der Waals surface area contributed by atoms with E-state index < -0.39 is 0 Å². The van der Waals surface area contributed by atoms with E-state index in [1.165, 1.54) is 9.75 Å². The molecule has 0 radical (unpaired) electrons. The Kier molecular flexibility index (Phi) is 4.40. The van der Waals surface area contributed by atoms with Crippen LogP contribution in [0.4, 0.5) is 0 Å². The van der Waals surface area contributed by atoms with Crippen molar-refractivity contribution in [1.82, 2.24) is 5.32 Å². The van der Waals surface area contributed by atoms with Gasteiger partial charge in [0, 0.05) is 22.2 Å². The van der Waals surface area contributed by atoms with Crippen LogP contribution in [-0.2, 0) is 12.8 Å². The minimum Gasteiger partial charge on any atom is -0.469 e. The molecule has 0 aromatic carbocycles. The van der Waals surface area contributed by atoms with Crippen molar-refractivity contribution in [3.8, 4) is 0 Å². The predicted octanol–water partition coefficient (Wildman–Crippen LogP) is 3.80. The lowest BCUT2D eigenvalue weighted by atomic mass is 10.1. The molecule has 2 nitrogen and oxygen atoms in total. The fourth-order valence-electron chi connectivity index (χ4n) is 1.92. The average molecular weight is 249 g/mol. The summed E-state index contributed by atoms with van der Waals surface area (Å²) in [4.78, 5) is 2.85. The zero-order valence-electron chi connectivity index (χ0n) is 10.4. The average Bonchev–Trinajstić information content (AvgIpc) is 2.99. The van der Waals surface area contributed by atoms with E-state index in [2.05, 4.69) is 31.3 Å². The Morgan fingerprint density at radius 2 is 2.18 bits per heavy atom. The van der Waals surface area contributed by atoms with Gasteiger partial charge in [-0.3, -0.25) is 0 Å². The molecular weight excluding hydrogens is 230 g/mol. The molecule has 0 saturated carbocycles. The first-order valence-corrected chi connectivity index (χ1v) is 6.99. The molecular formula is C14H19NOS. The monoisotopic (exact) mass is 249 g/mol. The van der Waals surface area contributed by atoms with Gasteiger partial charge in [-0.2, -0.15) is 0 Å². The molecule has 2 rings (SSSR count). The fourth-order valence-corrected chi connectivity index (χ4v) is 2.95. The number of thiophene rings is 1. The third kappa shape index (κ3) is 3.20. The van der Waals surface area contributed by atoms with Crippen LogP contribution in [0.25, 0.3) is 0 Å². The second-order valence-corrected chi connectivity index (χ2v) is 5.25. The minimum absolute atomic E-state index is 0.372. The molecule has 2 aromatic rings. The van der Waals surface area contributed by atoms with Gasteiger partial charge in [-0.15, -0.1) is 11.3 Å². The molecule has 0 aliphatic rings. The molecule has 0 saturated heterocycles. The van der Waals surface area contributed by atoms with Crippen LogP contribution in [0, 0.1) is 0 Å². The molecule has 1 atom stereocenters. The molecule has 17 heavy (non-hydrogen) atoms. The summed E-state index contributed by atoms with van der Waals surface area (Å²) in [7, 11) is 0. The lowest BCUT2D eigenvalue weighted by Crippen LogP contribution is -2.21. The van der Waals surface area contributed by atoms with Gasteiger partial charge in [0.15, 0.2) is 0 Å². The number of rotatable bonds is 6. The Bertz CT molecular complexity index is 433. The summed E-state index contributed by atoms with van der Waals surface area (Å²) >= 11 is 1.90. The summed E-state index contributed by atoms with van der Waals surface area (Å²) in [5.74, 6) is 1.04. The molecule has 0 amide bonds. The Labute approximate surface area is 107 Å². The summed E-state index contributed by atoms with van der Waals surface area (Å²) in [6, 6.07) is 8.83. The highest BCUT2D eigenvalue weighted by molar-refractivity contribution is 7.12. The predicted molar refractivity (Wildman–Crippen MR) is 72.5 cm³/mol. The highest BCUT2D eigenvalue weighted by atomic mass is 32.1. The van der Waals surface area contributed by atoms with Crippen molar-refractivity contribution in [3.05, 3.63) is 46.0 Å². The quantitative estimate of drug-likeness (QED) is 0.842. The van der Waals surface area contributed by atoms with Crippen LogP contribution in [0.3, 0.4) is 0 Å². The minimum atomic E-state index is 0.372. The Morgan fingerprint density at radius 3 is 2.76 bits per heavy atom. The third-order valence-electron chi connectivity index (χ3n) is 2.81. The van der Waals surface area contributed by atoms with Crippen LogP contribution < -0.4 is 5.32 Å². The molecule has 92 valence electrons. The van der Waals surface area contributed by atoms with E-state index in [-0.39, 0.29) is 0 Å². The Hall–Kier alpha value is -1.06. The molecule has 0 aliphatic heterocycles. The van der Waals surface area contributed by atoms with Gasteiger partial charge in [-0.05, 0) is 37.2 Å². The van der Waals surface area contributed by atoms with Crippen molar-refractivity contribution in [2.75, 3.05) is 6.54 Å². The summed E-state index contributed by atoms with van der Waals surface area (Å²) in [5, 5.41) is 3.53. The summed E-state index contributed by atoms with van der Waals surface area (Å²) < 4.78 is 5.43. The number of nitrogens with one attached hydrogen (secondary N) is 1. The highest BCUT2D eigenvalue weighted by Crippen LogP contribution is 2.26. The van der Waals surface area contributed by atoms with Gasteiger partial charge in [-0.25, -0.2) is 0 Å². The van der Waals surface area contributed by atoms with Crippen molar-refractivity contribution in [2.24, 2.45) is 0 Å². The fraction of sp³-hybridized carbons (Fsp3) is 0.429. The molecule has 0 spiro atoms. The molecule has 2 heterocycles. The standard InChI is InChI=1S/C14H19NOS/c1-3-12-7-8-14(17-12)13(15-4-2)10-11-6-5-9-16-11/h5-9,13,15H,3-4,10H2,1-2H3. The van der Waals surface area contributed by atoms with Crippen LogP contribution in [-0.4, -0.2) is 6.54 Å². The molecule has 3 heteroatoms. The maximum absolute atomic E-state index is 5.43. The summed E-state index contributed by atoms with van der Waals surface area (Å²) in [5.41, 5.74) is 0. The van der Waals surface area contributed by atoms with Crippen molar-refractivity contribution in [3.63, 3.8) is 0 Å². The zero-order valence-corrected chi connectivity index (χ0v) is 11.2. The molecule has 0 fully saturated rings. The van der Waals surface area contributed by atoms with Gasteiger partial charge in [-0.1, -0.05) is 13.8 Å². The number of aryl methyl sites for hydroxylation is 1. The highest BCUT2D eigenvalue weighted by Gasteiger charge is 2.14. The van der Waals surface area contributed by atoms with Gasteiger partial charge < -0.3 is 9.73 Å². The van der Waals surface area contributed by atoms with Crippen molar-refractivity contribution in [2.45, 2.75) is 32.7 Å². The number of furan rings is 1. The normalized spacial score (nSPS) is 12.8. The topological polar surface area (TPSA) is 25.2 Å². The zero-order chi connectivity index (χ0) is 12.1. The second-order valence-electron chi connectivity index (χ2n) is 4.05. The first-order valence-electron chi connectivity index (χ1n) is 6.17. The molecule has 1 N–H and O–H groups in total. The van der Waals surface area contributed by atoms with Gasteiger partial charge in [0.1, 0.15) is 5.76 Å². The van der Waals surface area contributed by atoms with E-state index in [1.54, 1.807) is 6.26 Å². The lowest BCUT2D eigenvalue weighted by molar-refractivity contribution is 0.458. The van der Waals surface area contributed by atoms with E-state index in [4.69, 9.17) is 4.42 Å². The largest absolute Gasteiger partial charge is 0.469 e. The van der Waals surface area contributed by atoms with E-state index in [0.29, 0.717) is 6.04 Å². The van der Waals surface area contributed by atoms with Gasteiger partial charge in [0.05, 0.1) is 6.26 Å². The van der Waals surface area contributed by atoms with Crippen LogP contribution in [0.1, 0.15) is 35.4 Å². The lowest BCUT2D eigenvalue weighted by Gasteiger charge is -2.14. The number of hydrogen-bond acceptors (Lipinski definition) is 3. The number of hydrogen-bond donors (Lipinski definition) is 1. The van der Waals surface area contributed by atoms with Crippen LogP contribution in [0.15, 0.2) is 34.9 Å². The number of likely N-dealkylation sites (N-methyl/N-ethyl adjacent to an activating group) is 1. The van der Waals surface area contributed by atoms with E-state index in [1.807, 2.05) is 23.5 Å². The van der Waals surface area contributed by atoms with Gasteiger partial charge >= 0.3 is 0 Å². The second kappa shape index (κ2) is 6.03. The third-order valence-corrected chi connectivity index (χ3v) is 4.15. The van der Waals surface area contributed by atoms with Crippen molar-refractivity contribution >= 4 is 11.3 Å². The van der Waals surface area contributed by atoms with Gasteiger partial charge in [0.25, 0.3) is 0 Å². The van der Waals surface area contributed by atoms with E-state index in [0.717, 1.165) is 25.1 Å². The molecule has 2 aromatic heterocycles. The smallest absolute Gasteiger partial charge is 0.105 e. The maximum Gasteiger partial charge on any atom is 0.105 e. The first-order chi connectivity index (χ1) is 8.33. The summed E-state index contributed by atoms with van der Waals surface area (Å²) in [6.45, 7) is 5.32. The maximum atomic E-state index is 5.43. The van der Waals surface area contributed by atoms with Gasteiger partial charge in [0.2, 0.25) is 0 Å². The molecule has 0 aliphatic carbocycles. The van der Waals surface area contributed by atoms with Crippen LogP contribution in [0.2, 0.25) is 0 Å². The molecule has 1 unspecified atom stereocenters. The van der Waals surface area contributed by atoms with Crippen molar-refractivity contribution < 1.29 is 4.42 Å². The Morgan fingerprint density at radius 1 is 1.29 bits per heavy atom. The SMILES string of the molecule is CCNC(Cc1ccco1)c1ccc(CC)s1. The first kappa shape index (κ1) is 12.4. The van der Waals surface area contributed by atoms with Crippen LogP contribution >= 0.6 is 11.3 Å². The Balaban J connectivity index is 2.10. The summed E-state index contributed by atoms with van der Waals surface area (Å²) in [6.07, 6.45) is 3.78. The van der Waals surface area contributed by atoms with Crippen molar-refractivity contribution in [1.29, 1.82) is 0 Å². The molecule has 0 bridgehead atoms.